The molecule has 2 aromatic rings. The molecule has 0 spiro atoms. The van der Waals surface area contributed by atoms with Gasteiger partial charge in [0, 0.05) is 6.42 Å². The third kappa shape index (κ3) is 4.40. The Balaban J connectivity index is 1.97. The number of aryl methyl sites for hydroxylation is 1. The maximum absolute atomic E-state index is 9.38. The fourth-order valence-electron chi connectivity index (χ4n) is 2.32. The van der Waals surface area contributed by atoms with E-state index in [2.05, 4.69) is 6.07 Å². The summed E-state index contributed by atoms with van der Waals surface area (Å²) in [6.07, 6.45) is 0.611. The Bertz CT molecular complexity index is 674. The summed E-state index contributed by atoms with van der Waals surface area (Å²) in [5.41, 5.74) is 2.08. The molecule has 4 nitrogen and oxygen atoms in total. The lowest BCUT2D eigenvalue weighted by atomic mass is 9.97. The highest BCUT2D eigenvalue weighted by Crippen LogP contribution is 2.29. The molecule has 0 saturated carbocycles. The van der Waals surface area contributed by atoms with Gasteiger partial charge in [-0.05, 0) is 42.3 Å². The number of benzene rings is 2. The molecule has 1 unspecified atom stereocenters. The van der Waals surface area contributed by atoms with Crippen LogP contribution in [0.2, 0.25) is 0 Å². The van der Waals surface area contributed by atoms with Gasteiger partial charge in [0.25, 0.3) is 0 Å². The summed E-state index contributed by atoms with van der Waals surface area (Å²) >= 11 is 0. The molecule has 0 aliphatic carbocycles. The number of nitriles is 1. The van der Waals surface area contributed by atoms with Gasteiger partial charge in [-0.2, -0.15) is 5.26 Å². The maximum atomic E-state index is 9.38. The lowest BCUT2D eigenvalue weighted by Crippen LogP contribution is -2.05. The molecule has 0 aliphatic heterocycles. The molecule has 0 bridgehead atoms. The molecular weight excluding hydrogens is 290 g/mol. The van der Waals surface area contributed by atoms with E-state index in [1.165, 1.54) is 0 Å². The van der Waals surface area contributed by atoms with Crippen LogP contribution in [0, 0.1) is 18.3 Å². The minimum atomic E-state index is -0.211. The average molecular weight is 311 g/mol. The second-order valence-electron chi connectivity index (χ2n) is 5.25. The standard InChI is InChI=1S/C19H21NO3/c1-14-4-9-18(19(12-14)22-3)23-11-10-16(13-20)15-5-7-17(21-2)8-6-15/h4-9,12,16H,10-11H2,1-3H3. The van der Waals surface area contributed by atoms with Crippen molar-refractivity contribution in [1.29, 1.82) is 5.26 Å². The first-order valence-corrected chi connectivity index (χ1v) is 7.49. The predicted octanol–water partition coefficient (Wildman–Crippen LogP) is 4.09. The van der Waals surface area contributed by atoms with Crippen molar-refractivity contribution < 1.29 is 14.2 Å². The van der Waals surface area contributed by atoms with E-state index in [0.717, 1.165) is 16.9 Å². The van der Waals surface area contributed by atoms with Crippen LogP contribution in [0.5, 0.6) is 17.2 Å². The lowest BCUT2D eigenvalue weighted by Gasteiger charge is -2.13. The third-order valence-electron chi connectivity index (χ3n) is 3.66. The number of hydrogen-bond donors (Lipinski definition) is 0. The molecule has 4 heteroatoms. The van der Waals surface area contributed by atoms with E-state index in [9.17, 15) is 5.26 Å². The summed E-state index contributed by atoms with van der Waals surface area (Å²) in [6, 6.07) is 15.7. The SMILES string of the molecule is COc1ccc(C(C#N)CCOc2ccc(C)cc2OC)cc1. The number of nitrogens with zero attached hydrogens (tertiary/aromatic N) is 1. The van der Waals surface area contributed by atoms with Gasteiger partial charge in [0.05, 0.1) is 32.8 Å². The summed E-state index contributed by atoms with van der Waals surface area (Å²) in [7, 11) is 3.25. The molecular formula is C19H21NO3. The highest BCUT2D eigenvalue weighted by molar-refractivity contribution is 5.42. The number of methoxy groups -OCH3 is 2. The van der Waals surface area contributed by atoms with E-state index in [0.29, 0.717) is 24.5 Å². The van der Waals surface area contributed by atoms with Crippen LogP contribution in [-0.2, 0) is 0 Å². The summed E-state index contributed by atoms with van der Waals surface area (Å²) < 4.78 is 16.2. The fourth-order valence-corrected chi connectivity index (χ4v) is 2.32. The van der Waals surface area contributed by atoms with Crippen LogP contribution in [0.15, 0.2) is 42.5 Å². The first kappa shape index (κ1) is 16.7. The monoisotopic (exact) mass is 311 g/mol. The van der Waals surface area contributed by atoms with Gasteiger partial charge in [0.2, 0.25) is 0 Å². The molecule has 0 aliphatic rings. The number of ether oxygens (including phenoxy) is 3. The van der Waals surface area contributed by atoms with E-state index in [1.807, 2.05) is 49.4 Å². The Morgan fingerprint density at radius 3 is 2.35 bits per heavy atom. The van der Waals surface area contributed by atoms with Crippen LogP contribution in [0.4, 0.5) is 0 Å². The summed E-state index contributed by atoms with van der Waals surface area (Å²) in [5.74, 6) is 1.98. The third-order valence-corrected chi connectivity index (χ3v) is 3.66. The zero-order chi connectivity index (χ0) is 16.7. The first-order valence-electron chi connectivity index (χ1n) is 7.49. The average Bonchev–Trinajstić information content (AvgIpc) is 2.60. The van der Waals surface area contributed by atoms with Crippen LogP contribution in [-0.4, -0.2) is 20.8 Å². The molecule has 0 fully saturated rings. The lowest BCUT2D eigenvalue weighted by molar-refractivity contribution is 0.285. The first-order chi connectivity index (χ1) is 11.2. The molecule has 1 atom stereocenters. The topological polar surface area (TPSA) is 51.5 Å². The van der Waals surface area contributed by atoms with Crippen LogP contribution >= 0.6 is 0 Å². The van der Waals surface area contributed by atoms with Gasteiger partial charge in [-0.15, -0.1) is 0 Å². The van der Waals surface area contributed by atoms with E-state index in [4.69, 9.17) is 14.2 Å². The van der Waals surface area contributed by atoms with E-state index in [1.54, 1.807) is 14.2 Å². The van der Waals surface area contributed by atoms with Gasteiger partial charge in [-0.25, -0.2) is 0 Å². The number of hydrogen-bond acceptors (Lipinski definition) is 4. The molecule has 0 heterocycles. The molecule has 0 saturated heterocycles. The molecule has 2 rings (SSSR count). The molecule has 0 radical (unpaired) electrons. The maximum Gasteiger partial charge on any atom is 0.161 e. The van der Waals surface area contributed by atoms with Gasteiger partial charge in [0.1, 0.15) is 5.75 Å². The zero-order valence-corrected chi connectivity index (χ0v) is 13.7. The molecule has 0 aromatic heterocycles. The summed E-state index contributed by atoms with van der Waals surface area (Å²) in [6.45, 7) is 2.45. The van der Waals surface area contributed by atoms with Gasteiger partial charge in [0.15, 0.2) is 11.5 Å². The van der Waals surface area contributed by atoms with Crippen molar-refractivity contribution in [2.24, 2.45) is 0 Å². The molecule has 0 N–H and O–H groups in total. The minimum Gasteiger partial charge on any atom is -0.497 e. The van der Waals surface area contributed by atoms with Gasteiger partial charge in [-0.1, -0.05) is 18.2 Å². The van der Waals surface area contributed by atoms with E-state index >= 15 is 0 Å². The largest absolute Gasteiger partial charge is 0.497 e. The van der Waals surface area contributed by atoms with Gasteiger partial charge < -0.3 is 14.2 Å². The van der Waals surface area contributed by atoms with Crippen LogP contribution in [0.1, 0.15) is 23.5 Å². The van der Waals surface area contributed by atoms with Crippen molar-refractivity contribution in [3.8, 4) is 23.3 Å². The minimum absolute atomic E-state index is 0.211. The Labute approximate surface area is 137 Å². The summed E-state index contributed by atoms with van der Waals surface area (Å²) in [4.78, 5) is 0. The normalized spacial score (nSPS) is 11.4. The summed E-state index contributed by atoms with van der Waals surface area (Å²) in [5, 5.41) is 9.38. The highest BCUT2D eigenvalue weighted by atomic mass is 16.5. The van der Waals surface area contributed by atoms with Crippen molar-refractivity contribution in [2.45, 2.75) is 19.3 Å². The number of rotatable bonds is 7. The second kappa shape index (κ2) is 8.09. The Hall–Kier alpha value is -2.67. The smallest absolute Gasteiger partial charge is 0.161 e. The zero-order valence-electron chi connectivity index (χ0n) is 13.7. The fraction of sp³-hybridized carbons (Fsp3) is 0.316. The van der Waals surface area contributed by atoms with E-state index < -0.39 is 0 Å². The predicted molar refractivity (Wildman–Crippen MR) is 89.2 cm³/mol. The second-order valence-corrected chi connectivity index (χ2v) is 5.25. The van der Waals surface area contributed by atoms with Crippen molar-refractivity contribution >= 4 is 0 Å². The van der Waals surface area contributed by atoms with Crippen molar-refractivity contribution in [3.63, 3.8) is 0 Å². The Kier molecular flexibility index (Phi) is 5.87. The van der Waals surface area contributed by atoms with Crippen LogP contribution in [0.3, 0.4) is 0 Å². The van der Waals surface area contributed by atoms with Gasteiger partial charge >= 0.3 is 0 Å². The molecule has 2 aromatic carbocycles. The molecule has 0 amide bonds. The van der Waals surface area contributed by atoms with Crippen LogP contribution < -0.4 is 14.2 Å². The molecule has 120 valence electrons. The van der Waals surface area contributed by atoms with Crippen LogP contribution in [0.25, 0.3) is 0 Å². The van der Waals surface area contributed by atoms with Gasteiger partial charge in [-0.3, -0.25) is 0 Å². The van der Waals surface area contributed by atoms with Crippen molar-refractivity contribution in [2.75, 3.05) is 20.8 Å². The molecule has 23 heavy (non-hydrogen) atoms. The van der Waals surface area contributed by atoms with Crippen molar-refractivity contribution in [3.05, 3.63) is 53.6 Å². The Morgan fingerprint density at radius 1 is 1.00 bits per heavy atom. The van der Waals surface area contributed by atoms with Crippen molar-refractivity contribution in [1.82, 2.24) is 0 Å². The highest BCUT2D eigenvalue weighted by Gasteiger charge is 2.12. The quantitative estimate of drug-likeness (QED) is 0.773. The Morgan fingerprint density at radius 2 is 1.74 bits per heavy atom. The van der Waals surface area contributed by atoms with E-state index in [-0.39, 0.29) is 5.92 Å².